The third kappa shape index (κ3) is 3.85. The molecule has 1 N–H and O–H groups in total. The highest BCUT2D eigenvalue weighted by molar-refractivity contribution is 7.09. The molecule has 1 aromatic heterocycles. The molecule has 0 fully saturated rings. The first kappa shape index (κ1) is 14.6. The Kier molecular flexibility index (Phi) is 4.81. The van der Waals surface area contributed by atoms with Crippen molar-refractivity contribution in [3.05, 3.63) is 52.2 Å². The standard InChI is InChI=1S/C14H15FN2O2S/c1-17(9-13-16-5-6-20-13)14(19)8-12(18)10-3-2-4-11(15)7-10/h2-7,12,18H,8-9H2,1H3. The quantitative estimate of drug-likeness (QED) is 0.921. The van der Waals surface area contributed by atoms with Crippen LogP contribution in [-0.2, 0) is 11.3 Å². The van der Waals surface area contributed by atoms with Crippen molar-refractivity contribution in [3.63, 3.8) is 0 Å². The summed E-state index contributed by atoms with van der Waals surface area (Å²) in [6, 6.07) is 5.64. The summed E-state index contributed by atoms with van der Waals surface area (Å²) in [6.07, 6.45) is 0.600. The van der Waals surface area contributed by atoms with Crippen LogP contribution < -0.4 is 0 Å². The summed E-state index contributed by atoms with van der Waals surface area (Å²) in [4.78, 5) is 17.6. The van der Waals surface area contributed by atoms with Gasteiger partial charge in [-0.1, -0.05) is 12.1 Å². The second-order valence-corrected chi connectivity index (χ2v) is 5.43. The van der Waals surface area contributed by atoms with Crippen LogP contribution in [0.4, 0.5) is 4.39 Å². The van der Waals surface area contributed by atoms with Gasteiger partial charge in [-0.25, -0.2) is 9.37 Å². The Morgan fingerprint density at radius 1 is 1.55 bits per heavy atom. The molecule has 0 aliphatic rings. The van der Waals surface area contributed by atoms with E-state index in [0.717, 1.165) is 5.01 Å². The number of carbonyl (C=O) groups excluding carboxylic acids is 1. The van der Waals surface area contributed by atoms with Crippen molar-refractivity contribution in [1.29, 1.82) is 0 Å². The van der Waals surface area contributed by atoms with Crippen LogP contribution in [0.1, 0.15) is 23.1 Å². The molecule has 0 saturated heterocycles. The van der Waals surface area contributed by atoms with Gasteiger partial charge in [-0.15, -0.1) is 11.3 Å². The van der Waals surface area contributed by atoms with Gasteiger partial charge in [0.1, 0.15) is 10.8 Å². The highest BCUT2D eigenvalue weighted by atomic mass is 32.1. The maximum atomic E-state index is 13.1. The Morgan fingerprint density at radius 2 is 2.35 bits per heavy atom. The molecule has 1 atom stereocenters. The predicted octanol–water partition coefficient (Wildman–Crippen LogP) is 2.36. The van der Waals surface area contributed by atoms with Crippen LogP contribution in [0.15, 0.2) is 35.8 Å². The van der Waals surface area contributed by atoms with Crippen molar-refractivity contribution < 1.29 is 14.3 Å². The number of aliphatic hydroxyl groups excluding tert-OH is 1. The second kappa shape index (κ2) is 6.58. The fourth-order valence-corrected chi connectivity index (χ4v) is 2.44. The molecule has 1 unspecified atom stereocenters. The summed E-state index contributed by atoms with van der Waals surface area (Å²) in [7, 11) is 1.65. The lowest BCUT2D eigenvalue weighted by Gasteiger charge is -2.18. The van der Waals surface area contributed by atoms with Crippen molar-refractivity contribution in [3.8, 4) is 0 Å². The zero-order valence-electron chi connectivity index (χ0n) is 11.0. The minimum Gasteiger partial charge on any atom is -0.388 e. The monoisotopic (exact) mass is 294 g/mol. The Balaban J connectivity index is 1.93. The highest BCUT2D eigenvalue weighted by Crippen LogP contribution is 2.19. The largest absolute Gasteiger partial charge is 0.388 e. The van der Waals surface area contributed by atoms with Crippen molar-refractivity contribution in [2.75, 3.05) is 7.05 Å². The SMILES string of the molecule is CN(Cc1nccs1)C(=O)CC(O)c1cccc(F)c1. The Bertz CT molecular complexity index is 574. The number of halogens is 1. The summed E-state index contributed by atoms with van der Waals surface area (Å²) >= 11 is 1.47. The third-order valence-corrected chi connectivity index (χ3v) is 3.65. The summed E-state index contributed by atoms with van der Waals surface area (Å²) in [5, 5.41) is 12.6. The van der Waals surface area contributed by atoms with Crippen LogP contribution in [0.5, 0.6) is 0 Å². The van der Waals surface area contributed by atoms with E-state index in [-0.39, 0.29) is 12.3 Å². The van der Waals surface area contributed by atoms with E-state index in [1.807, 2.05) is 5.38 Å². The van der Waals surface area contributed by atoms with Crippen LogP contribution >= 0.6 is 11.3 Å². The maximum Gasteiger partial charge on any atom is 0.225 e. The number of benzene rings is 1. The predicted molar refractivity (Wildman–Crippen MR) is 74.6 cm³/mol. The van der Waals surface area contributed by atoms with E-state index in [1.165, 1.54) is 34.4 Å². The molecule has 2 aromatic rings. The van der Waals surface area contributed by atoms with E-state index in [2.05, 4.69) is 4.98 Å². The molecule has 4 nitrogen and oxygen atoms in total. The molecule has 106 valence electrons. The van der Waals surface area contributed by atoms with Gasteiger partial charge in [0.15, 0.2) is 0 Å². The molecular weight excluding hydrogens is 279 g/mol. The first-order chi connectivity index (χ1) is 9.56. The average molecular weight is 294 g/mol. The Hall–Kier alpha value is -1.79. The zero-order valence-corrected chi connectivity index (χ0v) is 11.8. The molecule has 0 spiro atoms. The maximum absolute atomic E-state index is 13.1. The zero-order chi connectivity index (χ0) is 14.5. The number of nitrogens with zero attached hydrogens (tertiary/aromatic N) is 2. The Morgan fingerprint density at radius 3 is 3.00 bits per heavy atom. The van der Waals surface area contributed by atoms with Gasteiger partial charge < -0.3 is 10.0 Å². The van der Waals surface area contributed by atoms with E-state index in [1.54, 1.807) is 19.3 Å². The van der Waals surface area contributed by atoms with Crippen LogP contribution in [0.2, 0.25) is 0 Å². The van der Waals surface area contributed by atoms with Gasteiger partial charge in [0.2, 0.25) is 5.91 Å². The molecular formula is C14H15FN2O2S. The van der Waals surface area contributed by atoms with Crippen molar-refractivity contribution in [2.45, 2.75) is 19.1 Å². The number of amides is 1. The molecule has 1 heterocycles. The Labute approximate surface area is 120 Å². The minimum absolute atomic E-state index is 0.0780. The lowest BCUT2D eigenvalue weighted by molar-refractivity contribution is -0.132. The van der Waals surface area contributed by atoms with Gasteiger partial charge in [0, 0.05) is 18.6 Å². The number of aliphatic hydroxyl groups is 1. The molecule has 0 saturated carbocycles. The molecule has 0 aliphatic heterocycles. The van der Waals surface area contributed by atoms with Crippen molar-refractivity contribution >= 4 is 17.2 Å². The first-order valence-corrected chi connectivity index (χ1v) is 7.00. The average Bonchev–Trinajstić information content (AvgIpc) is 2.91. The first-order valence-electron chi connectivity index (χ1n) is 6.12. The van der Waals surface area contributed by atoms with Gasteiger partial charge >= 0.3 is 0 Å². The molecule has 1 amide bonds. The van der Waals surface area contributed by atoms with Crippen molar-refractivity contribution in [2.24, 2.45) is 0 Å². The molecule has 0 aliphatic carbocycles. The molecule has 2 rings (SSSR count). The van der Waals surface area contributed by atoms with Crippen LogP contribution in [0.25, 0.3) is 0 Å². The van der Waals surface area contributed by atoms with Crippen molar-refractivity contribution in [1.82, 2.24) is 9.88 Å². The van der Waals surface area contributed by atoms with Crippen LogP contribution in [0, 0.1) is 5.82 Å². The number of carbonyl (C=O) groups is 1. The number of hydrogen-bond donors (Lipinski definition) is 1. The molecule has 20 heavy (non-hydrogen) atoms. The third-order valence-electron chi connectivity index (χ3n) is 2.88. The number of hydrogen-bond acceptors (Lipinski definition) is 4. The summed E-state index contributed by atoms with van der Waals surface area (Å²) in [5.41, 5.74) is 0.404. The van der Waals surface area contributed by atoms with E-state index in [4.69, 9.17) is 0 Å². The fourth-order valence-electron chi connectivity index (χ4n) is 1.78. The normalized spacial score (nSPS) is 12.2. The highest BCUT2D eigenvalue weighted by Gasteiger charge is 2.17. The number of aromatic nitrogens is 1. The topological polar surface area (TPSA) is 53.4 Å². The van der Waals surface area contributed by atoms with E-state index in [9.17, 15) is 14.3 Å². The fraction of sp³-hybridized carbons (Fsp3) is 0.286. The molecule has 6 heteroatoms. The molecule has 0 bridgehead atoms. The molecule has 0 radical (unpaired) electrons. The van der Waals surface area contributed by atoms with E-state index < -0.39 is 11.9 Å². The summed E-state index contributed by atoms with van der Waals surface area (Å²) in [5.74, 6) is -0.637. The van der Waals surface area contributed by atoms with E-state index in [0.29, 0.717) is 12.1 Å². The molecule has 1 aromatic carbocycles. The second-order valence-electron chi connectivity index (χ2n) is 4.45. The van der Waals surface area contributed by atoms with Gasteiger partial charge in [-0.2, -0.15) is 0 Å². The lowest BCUT2D eigenvalue weighted by Crippen LogP contribution is -2.27. The van der Waals surface area contributed by atoms with Gasteiger partial charge in [-0.05, 0) is 17.7 Å². The van der Waals surface area contributed by atoms with E-state index >= 15 is 0 Å². The van der Waals surface area contributed by atoms with Gasteiger partial charge in [0.25, 0.3) is 0 Å². The number of thiazole rings is 1. The van der Waals surface area contributed by atoms with Gasteiger partial charge in [0.05, 0.1) is 19.1 Å². The summed E-state index contributed by atoms with van der Waals surface area (Å²) in [6.45, 7) is 0.409. The van der Waals surface area contributed by atoms with Crippen LogP contribution in [0.3, 0.4) is 0 Å². The minimum atomic E-state index is -1.00. The lowest BCUT2D eigenvalue weighted by atomic mass is 10.1. The summed E-state index contributed by atoms with van der Waals surface area (Å²) < 4.78 is 13.1. The van der Waals surface area contributed by atoms with Crippen LogP contribution in [-0.4, -0.2) is 27.9 Å². The van der Waals surface area contributed by atoms with Gasteiger partial charge in [-0.3, -0.25) is 4.79 Å². The number of rotatable bonds is 5. The smallest absolute Gasteiger partial charge is 0.225 e.